The lowest BCUT2D eigenvalue weighted by Crippen LogP contribution is -2.39. The molecule has 0 aromatic rings. The second-order valence-electron chi connectivity index (χ2n) is 3.93. The highest BCUT2D eigenvalue weighted by molar-refractivity contribution is 9.09. The SMILES string of the molecule is CCN(CCCBr)C(=O)C1CCOC1C. The minimum atomic E-state index is 0.0836. The molecule has 3 nitrogen and oxygen atoms in total. The number of ether oxygens (including phenoxy) is 1. The van der Waals surface area contributed by atoms with Crippen molar-refractivity contribution in [1.82, 2.24) is 4.90 Å². The number of alkyl halides is 1. The standard InChI is InChI=1S/C11H20BrNO2/c1-3-13(7-4-6-12)11(14)10-5-8-15-9(10)2/h9-10H,3-8H2,1-2H3. The van der Waals surface area contributed by atoms with Crippen LogP contribution in [0.15, 0.2) is 0 Å². The zero-order valence-electron chi connectivity index (χ0n) is 9.54. The molecule has 1 amide bonds. The van der Waals surface area contributed by atoms with Crippen molar-refractivity contribution in [3.8, 4) is 0 Å². The molecule has 1 heterocycles. The molecule has 0 bridgehead atoms. The number of halogens is 1. The second-order valence-corrected chi connectivity index (χ2v) is 4.72. The predicted octanol–water partition coefficient (Wildman–Crippen LogP) is 2.04. The average Bonchev–Trinajstić information content (AvgIpc) is 2.65. The van der Waals surface area contributed by atoms with E-state index in [0.29, 0.717) is 0 Å². The molecule has 0 aromatic heterocycles. The fourth-order valence-corrected chi connectivity index (χ4v) is 2.22. The Morgan fingerprint density at radius 3 is 2.80 bits per heavy atom. The summed E-state index contributed by atoms with van der Waals surface area (Å²) in [6.45, 7) is 6.41. The summed E-state index contributed by atoms with van der Waals surface area (Å²) in [5.41, 5.74) is 0. The number of carbonyl (C=O) groups is 1. The molecule has 4 heteroatoms. The second kappa shape index (κ2) is 6.48. The van der Waals surface area contributed by atoms with Gasteiger partial charge in [-0.1, -0.05) is 15.9 Å². The average molecular weight is 278 g/mol. The lowest BCUT2D eigenvalue weighted by molar-refractivity contribution is -0.136. The summed E-state index contributed by atoms with van der Waals surface area (Å²) in [7, 11) is 0. The number of carbonyl (C=O) groups excluding carboxylic acids is 1. The molecule has 2 atom stereocenters. The van der Waals surface area contributed by atoms with Crippen molar-refractivity contribution in [3.05, 3.63) is 0 Å². The fourth-order valence-electron chi connectivity index (χ4n) is 1.97. The number of amides is 1. The van der Waals surface area contributed by atoms with E-state index in [1.165, 1.54) is 0 Å². The maximum absolute atomic E-state index is 12.1. The van der Waals surface area contributed by atoms with Gasteiger partial charge in [-0.05, 0) is 26.7 Å². The van der Waals surface area contributed by atoms with Gasteiger partial charge in [0.2, 0.25) is 5.91 Å². The molecule has 1 rings (SSSR count). The molecular weight excluding hydrogens is 258 g/mol. The first kappa shape index (κ1) is 13.0. The van der Waals surface area contributed by atoms with Crippen molar-refractivity contribution in [1.29, 1.82) is 0 Å². The van der Waals surface area contributed by atoms with Gasteiger partial charge in [0.15, 0.2) is 0 Å². The summed E-state index contributed by atoms with van der Waals surface area (Å²) in [6.07, 6.45) is 1.99. The van der Waals surface area contributed by atoms with E-state index in [0.717, 1.165) is 37.9 Å². The van der Waals surface area contributed by atoms with E-state index >= 15 is 0 Å². The van der Waals surface area contributed by atoms with Crippen molar-refractivity contribution >= 4 is 21.8 Å². The van der Waals surface area contributed by atoms with Crippen LogP contribution in [0, 0.1) is 5.92 Å². The third kappa shape index (κ3) is 3.45. The normalized spacial score (nSPS) is 25.5. The lowest BCUT2D eigenvalue weighted by atomic mass is 10.0. The van der Waals surface area contributed by atoms with Crippen LogP contribution < -0.4 is 0 Å². The van der Waals surface area contributed by atoms with Crippen LogP contribution in [0.5, 0.6) is 0 Å². The Morgan fingerprint density at radius 1 is 1.60 bits per heavy atom. The van der Waals surface area contributed by atoms with E-state index in [9.17, 15) is 4.79 Å². The zero-order chi connectivity index (χ0) is 11.3. The van der Waals surface area contributed by atoms with Crippen LogP contribution >= 0.6 is 15.9 Å². The molecular formula is C11H20BrNO2. The van der Waals surface area contributed by atoms with Gasteiger partial charge in [0.25, 0.3) is 0 Å². The molecule has 0 spiro atoms. The number of nitrogens with zero attached hydrogens (tertiary/aromatic N) is 1. The summed E-state index contributed by atoms with van der Waals surface area (Å²) in [5, 5.41) is 0.952. The number of rotatable bonds is 5. The molecule has 15 heavy (non-hydrogen) atoms. The molecule has 0 radical (unpaired) electrons. The van der Waals surface area contributed by atoms with E-state index < -0.39 is 0 Å². The van der Waals surface area contributed by atoms with Crippen LogP contribution in [-0.2, 0) is 9.53 Å². The first-order chi connectivity index (χ1) is 7.20. The van der Waals surface area contributed by atoms with E-state index in [1.54, 1.807) is 0 Å². The van der Waals surface area contributed by atoms with Gasteiger partial charge in [0, 0.05) is 25.0 Å². The lowest BCUT2D eigenvalue weighted by Gasteiger charge is -2.25. The Hall–Kier alpha value is -0.0900. The Labute approximate surface area is 100 Å². The molecule has 1 aliphatic heterocycles. The summed E-state index contributed by atoms with van der Waals surface area (Å²) < 4.78 is 5.43. The molecule has 1 saturated heterocycles. The summed E-state index contributed by atoms with van der Waals surface area (Å²) in [6, 6.07) is 0. The van der Waals surface area contributed by atoms with E-state index in [4.69, 9.17) is 4.74 Å². The summed E-state index contributed by atoms with van der Waals surface area (Å²) in [4.78, 5) is 14.1. The quantitative estimate of drug-likeness (QED) is 0.720. The third-order valence-corrected chi connectivity index (χ3v) is 3.51. The maximum Gasteiger partial charge on any atom is 0.228 e. The third-order valence-electron chi connectivity index (χ3n) is 2.95. The Balaban J connectivity index is 2.48. The summed E-state index contributed by atoms with van der Waals surface area (Å²) in [5.74, 6) is 0.351. The highest BCUT2D eigenvalue weighted by Gasteiger charge is 2.33. The van der Waals surface area contributed by atoms with Crippen molar-refractivity contribution in [2.24, 2.45) is 5.92 Å². The van der Waals surface area contributed by atoms with Gasteiger partial charge in [-0.3, -0.25) is 4.79 Å². The minimum Gasteiger partial charge on any atom is -0.378 e. The molecule has 0 saturated carbocycles. The predicted molar refractivity (Wildman–Crippen MR) is 64.2 cm³/mol. The van der Waals surface area contributed by atoms with E-state index in [2.05, 4.69) is 15.9 Å². The van der Waals surface area contributed by atoms with Gasteiger partial charge in [0.1, 0.15) is 0 Å². The molecule has 88 valence electrons. The topological polar surface area (TPSA) is 29.5 Å². The largest absolute Gasteiger partial charge is 0.378 e. The van der Waals surface area contributed by atoms with Crippen LogP contribution in [0.25, 0.3) is 0 Å². The van der Waals surface area contributed by atoms with Crippen LogP contribution in [0.3, 0.4) is 0 Å². The fraction of sp³-hybridized carbons (Fsp3) is 0.909. The van der Waals surface area contributed by atoms with Crippen molar-refractivity contribution in [2.45, 2.75) is 32.8 Å². The van der Waals surface area contributed by atoms with Crippen LogP contribution in [-0.4, -0.2) is 41.9 Å². The summed E-state index contributed by atoms with van der Waals surface area (Å²) >= 11 is 3.39. The van der Waals surface area contributed by atoms with Crippen molar-refractivity contribution in [2.75, 3.05) is 25.0 Å². The Kier molecular flexibility index (Phi) is 5.61. The van der Waals surface area contributed by atoms with Crippen molar-refractivity contribution < 1.29 is 9.53 Å². The monoisotopic (exact) mass is 277 g/mol. The van der Waals surface area contributed by atoms with Gasteiger partial charge in [0.05, 0.1) is 12.0 Å². The van der Waals surface area contributed by atoms with Gasteiger partial charge in [-0.15, -0.1) is 0 Å². The maximum atomic E-state index is 12.1. The van der Waals surface area contributed by atoms with Gasteiger partial charge < -0.3 is 9.64 Å². The highest BCUT2D eigenvalue weighted by atomic mass is 79.9. The molecule has 0 N–H and O–H groups in total. The van der Waals surface area contributed by atoms with E-state index in [1.807, 2.05) is 18.7 Å². The Bertz CT molecular complexity index is 211. The van der Waals surface area contributed by atoms with Gasteiger partial charge in [-0.2, -0.15) is 0 Å². The van der Waals surface area contributed by atoms with Gasteiger partial charge in [-0.25, -0.2) is 0 Å². The molecule has 1 fully saturated rings. The van der Waals surface area contributed by atoms with Crippen LogP contribution in [0.4, 0.5) is 0 Å². The van der Waals surface area contributed by atoms with Crippen LogP contribution in [0.2, 0.25) is 0 Å². The zero-order valence-corrected chi connectivity index (χ0v) is 11.1. The van der Waals surface area contributed by atoms with Gasteiger partial charge >= 0.3 is 0 Å². The first-order valence-corrected chi connectivity index (χ1v) is 6.79. The van der Waals surface area contributed by atoms with E-state index in [-0.39, 0.29) is 17.9 Å². The molecule has 0 aromatic carbocycles. The Morgan fingerprint density at radius 2 is 2.33 bits per heavy atom. The molecule has 0 aliphatic carbocycles. The minimum absolute atomic E-state index is 0.0836. The smallest absolute Gasteiger partial charge is 0.228 e. The molecule has 2 unspecified atom stereocenters. The number of hydrogen-bond donors (Lipinski definition) is 0. The van der Waals surface area contributed by atoms with Crippen LogP contribution in [0.1, 0.15) is 26.7 Å². The highest BCUT2D eigenvalue weighted by Crippen LogP contribution is 2.22. The first-order valence-electron chi connectivity index (χ1n) is 5.67. The number of hydrogen-bond acceptors (Lipinski definition) is 2. The van der Waals surface area contributed by atoms with Crippen molar-refractivity contribution in [3.63, 3.8) is 0 Å². The molecule has 1 aliphatic rings.